The average molecular weight is 503 g/mol. The number of hydrogen-bond acceptors (Lipinski definition) is 5. The minimum Gasteiger partial charge on any atom is -0.459 e. The first-order valence-corrected chi connectivity index (χ1v) is 12.0. The van der Waals surface area contributed by atoms with Crippen molar-refractivity contribution in [1.82, 2.24) is 9.88 Å². The van der Waals surface area contributed by atoms with E-state index in [9.17, 15) is 22.8 Å². The molecule has 192 valence electrons. The van der Waals surface area contributed by atoms with Crippen LogP contribution in [0.2, 0.25) is 0 Å². The van der Waals surface area contributed by atoms with Gasteiger partial charge in [0.25, 0.3) is 5.60 Å². The van der Waals surface area contributed by atoms with Gasteiger partial charge in [-0.1, -0.05) is 42.0 Å². The van der Waals surface area contributed by atoms with E-state index in [1.165, 1.54) is 30.3 Å². The molecule has 2 heterocycles. The van der Waals surface area contributed by atoms with Gasteiger partial charge in [0.15, 0.2) is 0 Å². The fourth-order valence-corrected chi connectivity index (χ4v) is 6.82. The summed E-state index contributed by atoms with van der Waals surface area (Å²) in [5, 5.41) is 0. The molecule has 2 aliphatic carbocycles. The number of nitrogens with zero attached hydrogens (tertiary/aromatic N) is 1. The fraction of sp³-hybridized carbons (Fsp3) is 0.481. The Kier molecular flexibility index (Phi) is 5.91. The summed E-state index contributed by atoms with van der Waals surface area (Å²) in [6.45, 7) is 2.56. The summed E-state index contributed by atoms with van der Waals surface area (Å²) in [6, 6.07) is 10.2. The number of piperidine rings is 1. The number of aromatic nitrogens is 1. The van der Waals surface area contributed by atoms with Gasteiger partial charge in [0.2, 0.25) is 5.56 Å². The molecule has 36 heavy (non-hydrogen) atoms. The Bertz CT molecular complexity index is 1260. The zero-order valence-corrected chi connectivity index (χ0v) is 20.4. The lowest BCUT2D eigenvalue weighted by molar-refractivity contribution is -0.281. The smallest absolute Gasteiger partial charge is 0.432 e. The molecular weight excluding hydrogens is 473 g/mol. The van der Waals surface area contributed by atoms with Crippen molar-refractivity contribution in [1.29, 1.82) is 0 Å². The van der Waals surface area contributed by atoms with Crippen LogP contribution in [0.15, 0.2) is 58.9 Å². The molecule has 2 aromatic rings. The highest BCUT2D eigenvalue weighted by molar-refractivity contribution is 5.83. The van der Waals surface area contributed by atoms with E-state index in [-0.39, 0.29) is 23.0 Å². The minimum atomic E-state index is -5.03. The van der Waals surface area contributed by atoms with Crippen LogP contribution < -0.4 is 5.56 Å². The lowest BCUT2D eigenvalue weighted by Gasteiger charge is -2.60. The second-order valence-corrected chi connectivity index (χ2v) is 10.1. The molecule has 1 N–H and O–H groups in total. The van der Waals surface area contributed by atoms with E-state index in [4.69, 9.17) is 9.47 Å². The Morgan fingerprint density at radius 3 is 2.56 bits per heavy atom. The highest BCUT2D eigenvalue weighted by Gasteiger charge is 2.66. The Balaban J connectivity index is 1.59. The molecule has 0 amide bonds. The summed E-state index contributed by atoms with van der Waals surface area (Å²) in [7, 11) is 2.87. The third-order valence-corrected chi connectivity index (χ3v) is 8.23. The third kappa shape index (κ3) is 3.47. The number of likely N-dealkylation sites (tertiary alicyclic amines) is 1. The molecule has 1 fully saturated rings. The summed E-state index contributed by atoms with van der Waals surface area (Å²) in [5.74, 6) is -1.84. The first-order valence-electron chi connectivity index (χ1n) is 12.0. The first-order chi connectivity index (χ1) is 17.0. The minimum absolute atomic E-state index is 0.107. The van der Waals surface area contributed by atoms with Gasteiger partial charge >= 0.3 is 12.1 Å². The lowest BCUT2D eigenvalue weighted by Crippen LogP contribution is -2.65. The van der Waals surface area contributed by atoms with Gasteiger partial charge in [-0.25, -0.2) is 4.79 Å². The molecule has 0 unspecified atom stereocenters. The number of aromatic amines is 1. The van der Waals surface area contributed by atoms with Crippen LogP contribution in [-0.4, -0.2) is 48.8 Å². The highest BCUT2D eigenvalue weighted by atomic mass is 19.4. The summed E-state index contributed by atoms with van der Waals surface area (Å²) >= 11 is 0. The van der Waals surface area contributed by atoms with Crippen LogP contribution in [0.5, 0.6) is 0 Å². The average Bonchev–Trinajstić information content (AvgIpc) is 2.81. The van der Waals surface area contributed by atoms with Gasteiger partial charge in [-0.05, 0) is 50.8 Å². The molecule has 1 aromatic heterocycles. The van der Waals surface area contributed by atoms with E-state index in [1.807, 2.05) is 20.0 Å². The molecule has 5 rings (SSSR count). The Labute approximate surface area is 207 Å². The number of esters is 1. The van der Waals surface area contributed by atoms with Crippen molar-refractivity contribution < 1.29 is 27.4 Å². The van der Waals surface area contributed by atoms with Crippen molar-refractivity contribution >= 4 is 5.97 Å². The van der Waals surface area contributed by atoms with Crippen molar-refractivity contribution in [2.45, 2.75) is 49.6 Å². The predicted molar refractivity (Wildman–Crippen MR) is 126 cm³/mol. The van der Waals surface area contributed by atoms with Crippen LogP contribution in [0.1, 0.15) is 36.6 Å². The van der Waals surface area contributed by atoms with Crippen LogP contribution in [0.4, 0.5) is 13.2 Å². The van der Waals surface area contributed by atoms with Crippen molar-refractivity contribution in [3.05, 3.63) is 81.3 Å². The van der Waals surface area contributed by atoms with Gasteiger partial charge in [0.05, 0.1) is 5.54 Å². The van der Waals surface area contributed by atoms with E-state index in [0.29, 0.717) is 25.8 Å². The number of nitrogens with one attached hydrogen (secondary N) is 1. The Morgan fingerprint density at radius 2 is 1.89 bits per heavy atom. The van der Waals surface area contributed by atoms with Gasteiger partial charge in [-0.15, -0.1) is 0 Å². The van der Waals surface area contributed by atoms with Crippen LogP contribution in [0.3, 0.4) is 0 Å². The maximum absolute atomic E-state index is 14.5. The zero-order chi connectivity index (χ0) is 25.9. The van der Waals surface area contributed by atoms with E-state index >= 15 is 0 Å². The fourth-order valence-electron chi connectivity index (χ4n) is 6.82. The molecule has 3 aliphatic rings. The Hall–Kier alpha value is -2.91. The van der Waals surface area contributed by atoms with Crippen molar-refractivity contribution in [3.63, 3.8) is 0 Å². The number of hydrogen-bond donors (Lipinski definition) is 1. The number of rotatable bonds is 4. The number of halogens is 3. The summed E-state index contributed by atoms with van der Waals surface area (Å²) in [5.41, 5.74) is -1.42. The van der Waals surface area contributed by atoms with Gasteiger partial charge in [0.1, 0.15) is 6.10 Å². The van der Waals surface area contributed by atoms with Gasteiger partial charge in [-0.3, -0.25) is 9.69 Å². The quantitative estimate of drug-likeness (QED) is 0.505. The number of carbonyl (C=O) groups excluding carboxylic acids is 1. The molecule has 0 saturated carbocycles. The van der Waals surface area contributed by atoms with E-state index in [1.54, 1.807) is 6.07 Å². The van der Waals surface area contributed by atoms with E-state index in [2.05, 4.69) is 16.0 Å². The number of allylic oxidation sites excluding steroid dienone is 1. The maximum Gasteiger partial charge on any atom is 0.432 e. The number of benzene rings is 1. The van der Waals surface area contributed by atoms with Crippen LogP contribution in [-0.2, 0) is 31.8 Å². The third-order valence-electron chi connectivity index (χ3n) is 8.23. The largest absolute Gasteiger partial charge is 0.459 e. The second kappa shape index (κ2) is 8.59. The molecule has 1 aliphatic heterocycles. The van der Waals surface area contributed by atoms with Crippen molar-refractivity contribution in [2.75, 3.05) is 20.7 Å². The monoisotopic (exact) mass is 502 g/mol. The number of carbonyl (C=O) groups is 1. The Morgan fingerprint density at radius 1 is 1.17 bits per heavy atom. The van der Waals surface area contributed by atoms with Crippen LogP contribution in [0.25, 0.3) is 0 Å². The zero-order valence-electron chi connectivity index (χ0n) is 20.4. The molecular formula is C27H29F3N2O4. The van der Waals surface area contributed by atoms with Gasteiger partial charge in [-0.2, -0.15) is 13.2 Å². The predicted octanol–water partition coefficient (Wildman–Crippen LogP) is 4.06. The normalized spacial score (nSPS) is 29.4. The lowest BCUT2D eigenvalue weighted by atomic mass is 9.55. The van der Waals surface area contributed by atoms with E-state index < -0.39 is 29.4 Å². The van der Waals surface area contributed by atoms with Crippen molar-refractivity contribution in [2.24, 2.45) is 11.8 Å². The molecule has 5 atom stereocenters. The summed E-state index contributed by atoms with van der Waals surface area (Å²) in [4.78, 5) is 30.7. The maximum atomic E-state index is 14.5. The molecule has 1 aromatic carbocycles. The number of H-pyrrole nitrogens is 1. The van der Waals surface area contributed by atoms with Crippen molar-refractivity contribution in [3.8, 4) is 0 Å². The van der Waals surface area contributed by atoms with Crippen LogP contribution >= 0.6 is 0 Å². The number of alkyl halides is 3. The number of fused-ring (bicyclic) bond motifs is 1. The number of pyridine rings is 1. The highest BCUT2D eigenvalue weighted by Crippen LogP contribution is 2.57. The first kappa shape index (κ1) is 24.8. The topological polar surface area (TPSA) is 71.6 Å². The van der Waals surface area contributed by atoms with Gasteiger partial charge in [0, 0.05) is 36.9 Å². The van der Waals surface area contributed by atoms with Gasteiger partial charge < -0.3 is 14.5 Å². The molecule has 2 bridgehead atoms. The second-order valence-electron chi connectivity index (χ2n) is 10.1. The number of methoxy groups -OCH3 is 1. The SMILES string of the molecule is CO[C@](C(=O)O[C@@H]1CCN(C)[C@@]23CC(C)=C[C@@H](Cc4[nH]c(=O)ccc42)[C@@H]13)(c1ccccc1)C(F)(F)F. The summed E-state index contributed by atoms with van der Waals surface area (Å²) in [6.07, 6.45) is -2.14. The summed E-state index contributed by atoms with van der Waals surface area (Å²) < 4.78 is 54.3. The molecule has 0 spiro atoms. The van der Waals surface area contributed by atoms with Crippen LogP contribution in [0, 0.1) is 11.8 Å². The molecule has 6 nitrogen and oxygen atoms in total. The number of ether oxygens (including phenoxy) is 2. The molecule has 0 radical (unpaired) electrons. The molecule has 9 heteroatoms. The molecule has 1 saturated heterocycles. The standard InChI is InChI=1S/C27H29F3N2O4/c1-16-13-17-14-20-19(9-10-22(33)31-20)25(15-16)23(17)21(11-12-32(25)2)36-24(34)26(35-3,27(28,29)30)18-7-5-4-6-8-18/h4-10,13,17,21,23H,11-12,14-15H2,1-3H3,(H,31,33)/t17-,21+,23-,25-,26-/m0/s1. The van der Waals surface area contributed by atoms with E-state index in [0.717, 1.165) is 23.9 Å².